The fourth-order valence-corrected chi connectivity index (χ4v) is 2.78. The molecule has 20 heavy (non-hydrogen) atoms. The van der Waals surface area contributed by atoms with E-state index in [0.29, 0.717) is 17.9 Å². The highest BCUT2D eigenvalue weighted by atomic mass is 32.2. The first-order chi connectivity index (χ1) is 9.66. The molecule has 1 heterocycles. The Morgan fingerprint density at radius 1 is 1.15 bits per heavy atom. The fourth-order valence-electron chi connectivity index (χ4n) is 1.83. The van der Waals surface area contributed by atoms with Crippen LogP contribution in [0, 0.1) is 0 Å². The number of nitrogens with zero attached hydrogens (tertiary/aromatic N) is 1. The molecule has 106 valence electrons. The maximum Gasteiger partial charge on any atom is 0.119 e. The number of hydrogen-bond acceptors (Lipinski definition) is 5. The number of rotatable bonds is 6. The van der Waals surface area contributed by atoms with Crippen molar-refractivity contribution in [3.8, 4) is 0 Å². The number of nitrogen functional groups attached to an aromatic ring is 1. The average molecular weight is 289 g/mol. The van der Waals surface area contributed by atoms with Gasteiger partial charge < -0.3 is 16.6 Å². The zero-order valence-electron chi connectivity index (χ0n) is 11.1. The lowest BCUT2D eigenvalue weighted by Crippen LogP contribution is -2.38. The first kappa shape index (κ1) is 14.8. The molecule has 4 nitrogen and oxygen atoms in total. The molecule has 0 saturated carbocycles. The average Bonchev–Trinajstić information content (AvgIpc) is 2.47. The van der Waals surface area contributed by atoms with Gasteiger partial charge in [-0.25, -0.2) is 4.98 Å². The van der Waals surface area contributed by atoms with Crippen molar-refractivity contribution in [2.24, 2.45) is 5.73 Å². The van der Waals surface area contributed by atoms with Gasteiger partial charge in [0.05, 0.1) is 11.8 Å². The van der Waals surface area contributed by atoms with Crippen molar-refractivity contribution in [3.05, 3.63) is 54.2 Å². The van der Waals surface area contributed by atoms with Gasteiger partial charge in [-0.1, -0.05) is 30.3 Å². The van der Waals surface area contributed by atoms with Crippen molar-refractivity contribution >= 4 is 17.4 Å². The van der Waals surface area contributed by atoms with Crippen LogP contribution in [0.4, 0.5) is 5.69 Å². The van der Waals surface area contributed by atoms with Crippen molar-refractivity contribution in [1.29, 1.82) is 0 Å². The van der Waals surface area contributed by atoms with Gasteiger partial charge in [-0.15, -0.1) is 11.8 Å². The first-order valence-corrected chi connectivity index (χ1v) is 7.46. The van der Waals surface area contributed by atoms with E-state index in [1.807, 2.05) is 30.3 Å². The summed E-state index contributed by atoms with van der Waals surface area (Å²) in [7, 11) is 0. The summed E-state index contributed by atoms with van der Waals surface area (Å²) in [6.45, 7) is 0. The minimum absolute atomic E-state index is 0.296. The van der Waals surface area contributed by atoms with E-state index < -0.39 is 6.10 Å². The van der Waals surface area contributed by atoms with E-state index in [1.54, 1.807) is 18.3 Å². The Hall–Kier alpha value is -1.56. The van der Waals surface area contributed by atoms with Gasteiger partial charge in [-0.05, 0) is 24.1 Å². The number of aliphatic hydroxyl groups is 1. The van der Waals surface area contributed by atoms with Gasteiger partial charge in [0.25, 0.3) is 0 Å². The normalized spacial score (nSPS) is 13.9. The maximum absolute atomic E-state index is 10.1. The van der Waals surface area contributed by atoms with Crippen LogP contribution in [0.15, 0.2) is 53.7 Å². The monoisotopic (exact) mass is 289 g/mol. The topological polar surface area (TPSA) is 85.2 Å². The molecule has 1 aromatic heterocycles. The molecule has 2 atom stereocenters. The molecule has 5 heteroatoms. The highest BCUT2D eigenvalue weighted by Gasteiger charge is 2.16. The summed E-state index contributed by atoms with van der Waals surface area (Å²) in [5, 5.41) is 10.9. The number of nitrogens with two attached hydrogens (primary N) is 2. The van der Waals surface area contributed by atoms with Crippen LogP contribution in [0.2, 0.25) is 0 Å². The molecular weight excluding hydrogens is 270 g/mol. The van der Waals surface area contributed by atoms with E-state index in [2.05, 4.69) is 4.98 Å². The summed E-state index contributed by atoms with van der Waals surface area (Å²) in [5.41, 5.74) is 13.6. The summed E-state index contributed by atoms with van der Waals surface area (Å²) in [5.74, 6) is 0.481. The van der Waals surface area contributed by atoms with Crippen LogP contribution < -0.4 is 11.5 Å². The molecule has 2 unspecified atom stereocenters. The number of pyridine rings is 1. The Labute approximate surface area is 123 Å². The quantitative estimate of drug-likeness (QED) is 0.705. The van der Waals surface area contributed by atoms with E-state index >= 15 is 0 Å². The summed E-state index contributed by atoms with van der Waals surface area (Å²) < 4.78 is 0. The first-order valence-electron chi connectivity index (χ1n) is 6.47. The number of aliphatic hydroxyl groups excluding tert-OH is 1. The molecule has 0 bridgehead atoms. The zero-order valence-corrected chi connectivity index (χ0v) is 12.0. The van der Waals surface area contributed by atoms with E-state index in [9.17, 15) is 5.11 Å². The molecule has 0 aliphatic rings. The molecule has 2 rings (SSSR count). The molecule has 0 aliphatic carbocycles. The van der Waals surface area contributed by atoms with E-state index in [0.717, 1.165) is 10.6 Å². The predicted molar refractivity (Wildman–Crippen MR) is 83.5 cm³/mol. The Balaban J connectivity index is 1.85. The Kier molecular flexibility index (Phi) is 5.40. The van der Waals surface area contributed by atoms with Crippen molar-refractivity contribution < 1.29 is 5.11 Å². The third-order valence-electron chi connectivity index (χ3n) is 3.00. The van der Waals surface area contributed by atoms with Crippen LogP contribution in [0.1, 0.15) is 5.56 Å². The fraction of sp³-hybridized carbons (Fsp3) is 0.267. The summed E-state index contributed by atoms with van der Waals surface area (Å²) in [6, 6.07) is 13.2. The van der Waals surface area contributed by atoms with Gasteiger partial charge in [0.1, 0.15) is 5.03 Å². The Morgan fingerprint density at radius 2 is 1.90 bits per heavy atom. The van der Waals surface area contributed by atoms with Crippen molar-refractivity contribution in [3.63, 3.8) is 0 Å². The molecule has 0 spiro atoms. The highest BCUT2D eigenvalue weighted by Crippen LogP contribution is 2.23. The molecule has 2 aromatic rings. The SMILES string of the molecule is Nc1cccnc1SCC(O)C(N)Cc1ccccc1. The largest absolute Gasteiger partial charge is 0.397 e. The third-order valence-corrected chi connectivity index (χ3v) is 4.12. The van der Waals surface area contributed by atoms with Gasteiger partial charge in [0.15, 0.2) is 0 Å². The second kappa shape index (κ2) is 7.28. The Morgan fingerprint density at radius 3 is 2.60 bits per heavy atom. The smallest absolute Gasteiger partial charge is 0.119 e. The van der Waals surface area contributed by atoms with Crippen molar-refractivity contribution in [2.45, 2.75) is 23.6 Å². The second-order valence-electron chi connectivity index (χ2n) is 4.63. The minimum atomic E-state index is -0.596. The summed E-state index contributed by atoms with van der Waals surface area (Å²) in [6.07, 6.45) is 1.75. The van der Waals surface area contributed by atoms with Crippen LogP contribution in [-0.2, 0) is 6.42 Å². The molecule has 0 saturated heterocycles. The summed E-state index contributed by atoms with van der Waals surface area (Å²) in [4.78, 5) is 4.18. The van der Waals surface area contributed by atoms with Gasteiger partial charge >= 0.3 is 0 Å². The Bertz CT molecular complexity index is 536. The van der Waals surface area contributed by atoms with Crippen molar-refractivity contribution in [1.82, 2.24) is 4.98 Å². The van der Waals surface area contributed by atoms with Gasteiger partial charge in [-0.2, -0.15) is 0 Å². The third kappa shape index (κ3) is 4.23. The molecule has 0 aliphatic heterocycles. The standard InChI is InChI=1S/C15H19N3OS/c16-12-7-4-8-18-15(12)20-10-14(19)13(17)9-11-5-2-1-3-6-11/h1-8,13-14,19H,9-10,16-17H2. The number of benzene rings is 1. The molecule has 0 radical (unpaired) electrons. The minimum Gasteiger partial charge on any atom is -0.397 e. The van der Waals surface area contributed by atoms with Gasteiger partial charge in [0.2, 0.25) is 0 Å². The van der Waals surface area contributed by atoms with Crippen LogP contribution in [0.5, 0.6) is 0 Å². The molecule has 0 amide bonds. The van der Waals surface area contributed by atoms with E-state index in [1.165, 1.54) is 11.8 Å². The number of hydrogen-bond donors (Lipinski definition) is 3. The van der Waals surface area contributed by atoms with Crippen LogP contribution in [-0.4, -0.2) is 28.0 Å². The number of aromatic nitrogens is 1. The molecule has 0 fully saturated rings. The van der Waals surface area contributed by atoms with Gasteiger partial charge in [0, 0.05) is 18.0 Å². The molecular formula is C15H19N3OS. The lowest BCUT2D eigenvalue weighted by Gasteiger charge is -2.18. The zero-order chi connectivity index (χ0) is 14.4. The number of anilines is 1. The predicted octanol–water partition coefficient (Wildman–Crippen LogP) is 1.69. The molecule has 1 aromatic carbocycles. The van der Waals surface area contributed by atoms with Crippen LogP contribution in [0.3, 0.4) is 0 Å². The second-order valence-corrected chi connectivity index (χ2v) is 5.64. The summed E-state index contributed by atoms with van der Waals surface area (Å²) >= 11 is 1.43. The van der Waals surface area contributed by atoms with E-state index in [4.69, 9.17) is 11.5 Å². The van der Waals surface area contributed by atoms with E-state index in [-0.39, 0.29) is 6.04 Å². The van der Waals surface area contributed by atoms with Gasteiger partial charge in [-0.3, -0.25) is 0 Å². The van der Waals surface area contributed by atoms with Crippen LogP contribution >= 0.6 is 11.8 Å². The van der Waals surface area contributed by atoms with Crippen LogP contribution in [0.25, 0.3) is 0 Å². The molecule has 5 N–H and O–H groups in total. The lowest BCUT2D eigenvalue weighted by atomic mass is 10.0. The maximum atomic E-state index is 10.1. The number of thioether (sulfide) groups is 1. The van der Waals surface area contributed by atoms with Crippen molar-refractivity contribution in [2.75, 3.05) is 11.5 Å². The lowest BCUT2D eigenvalue weighted by molar-refractivity contribution is 0.167. The highest BCUT2D eigenvalue weighted by molar-refractivity contribution is 7.99.